The average molecular weight is 348 g/mol. The lowest BCUT2D eigenvalue weighted by atomic mass is 10.0. The summed E-state index contributed by atoms with van der Waals surface area (Å²) >= 11 is 0. The van der Waals surface area contributed by atoms with E-state index in [1.807, 2.05) is 66.7 Å². The fourth-order valence-corrected chi connectivity index (χ4v) is 3.34. The van der Waals surface area contributed by atoms with Crippen LogP contribution in [0.4, 0.5) is 17.1 Å². The number of anilines is 1. The molecule has 0 aliphatic rings. The van der Waals surface area contributed by atoms with E-state index in [0.29, 0.717) is 23.6 Å². The molecule has 3 aromatic carbocycles. The largest absolute Gasteiger partial charge is 0.399 e. The highest BCUT2D eigenvalue weighted by molar-refractivity contribution is 5.98. The van der Waals surface area contributed by atoms with Crippen LogP contribution in [-0.4, -0.2) is 4.57 Å². The molecule has 4 heteroatoms. The van der Waals surface area contributed by atoms with Gasteiger partial charge in [0.1, 0.15) is 0 Å². The fraction of sp³-hybridized carbons (Fsp3) is 0.0435. The summed E-state index contributed by atoms with van der Waals surface area (Å²) in [6.07, 6.45) is 2.09. The molecule has 0 aliphatic carbocycles. The minimum absolute atomic E-state index is 0.611. The Balaban J connectivity index is 1.89. The van der Waals surface area contributed by atoms with Gasteiger partial charge in [-0.05, 0) is 40.8 Å². The maximum Gasteiger partial charge on any atom is 0.188 e. The molecule has 0 spiro atoms. The monoisotopic (exact) mass is 348 g/mol. The number of rotatable bonds is 3. The van der Waals surface area contributed by atoms with Crippen LogP contribution >= 0.6 is 0 Å². The van der Waals surface area contributed by atoms with E-state index in [2.05, 4.69) is 20.5 Å². The zero-order chi connectivity index (χ0) is 18.8. The Hall–Kier alpha value is -4.02. The number of nitrogens with two attached hydrogens (primary N) is 1. The van der Waals surface area contributed by atoms with Crippen LogP contribution in [0.25, 0.3) is 31.7 Å². The first-order valence-corrected chi connectivity index (χ1v) is 8.50. The highest BCUT2D eigenvalue weighted by Gasteiger charge is 2.12. The standard InChI is InChI=1S/C23H16N4/c1-25-19-8-3-5-16(11-19)14-27-15-22(17-6-4-7-18(24)12-17)21-13-20(26-2)9-10-23(21)27/h3-13,15H,14,24H2. The van der Waals surface area contributed by atoms with Crippen molar-refractivity contribution in [3.63, 3.8) is 0 Å². The molecule has 0 fully saturated rings. The van der Waals surface area contributed by atoms with Gasteiger partial charge in [0.25, 0.3) is 0 Å². The van der Waals surface area contributed by atoms with Crippen LogP contribution in [-0.2, 0) is 6.54 Å². The highest BCUT2D eigenvalue weighted by Crippen LogP contribution is 2.34. The topological polar surface area (TPSA) is 39.7 Å². The zero-order valence-electron chi connectivity index (χ0n) is 14.6. The molecule has 0 radical (unpaired) electrons. The summed E-state index contributed by atoms with van der Waals surface area (Å²) in [5, 5.41) is 1.02. The molecule has 0 bridgehead atoms. The Morgan fingerprint density at radius 3 is 2.41 bits per heavy atom. The number of hydrogen-bond acceptors (Lipinski definition) is 1. The van der Waals surface area contributed by atoms with Gasteiger partial charge >= 0.3 is 0 Å². The molecular formula is C23H16N4. The Kier molecular flexibility index (Phi) is 4.09. The number of hydrogen-bond donors (Lipinski definition) is 1. The molecule has 1 aromatic heterocycles. The van der Waals surface area contributed by atoms with E-state index in [9.17, 15) is 0 Å². The van der Waals surface area contributed by atoms with E-state index in [-0.39, 0.29) is 0 Å². The Labute approximate surface area is 157 Å². The molecule has 0 amide bonds. The minimum atomic E-state index is 0.611. The first kappa shape index (κ1) is 16.4. The molecule has 0 saturated heterocycles. The molecule has 0 saturated carbocycles. The van der Waals surface area contributed by atoms with Gasteiger partial charge in [0.05, 0.1) is 13.1 Å². The van der Waals surface area contributed by atoms with Crippen LogP contribution in [0.5, 0.6) is 0 Å². The summed E-state index contributed by atoms with van der Waals surface area (Å²) in [5.74, 6) is 0. The van der Waals surface area contributed by atoms with Gasteiger partial charge in [0, 0.05) is 29.5 Å². The molecular weight excluding hydrogens is 332 g/mol. The molecule has 1 heterocycles. The third-order valence-electron chi connectivity index (χ3n) is 4.58. The van der Waals surface area contributed by atoms with E-state index in [4.69, 9.17) is 18.9 Å². The predicted molar refractivity (Wildman–Crippen MR) is 110 cm³/mol. The number of fused-ring (bicyclic) bond motifs is 1. The van der Waals surface area contributed by atoms with Crippen LogP contribution in [0.3, 0.4) is 0 Å². The highest BCUT2D eigenvalue weighted by atomic mass is 15.0. The van der Waals surface area contributed by atoms with Crippen molar-refractivity contribution in [3.8, 4) is 11.1 Å². The lowest BCUT2D eigenvalue weighted by molar-refractivity contribution is 0.838. The van der Waals surface area contributed by atoms with Gasteiger partial charge < -0.3 is 10.3 Å². The summed E-state index contributed by atoms with van der Waals surface area (Å²) in [4.78, 5) is 7.09. The molecule has 4 rings (SSSR count). The van der Waals surface area contributed by atoms with Crippen LogP contribution in [0.1, 0.15) is 5.56 Å². The van der Waals surface area contributed by atoms with Crippen molar-refractivity contribution < 1.29 is 0 Å². The van der Waals surface area contributed by atoms with Crippen molar-refractivity contribution in [2.24, 2.45) is 0 Å². The quantitative estimate of drug-likeness (QED) is 0.356. The second-order valence-corrected chi connectivity index (χ2v) is 6.39. The summed E-state index contributed by atoms with van der Waals surface area (Å²) < 4.78 is 2.16. The Morgan fingerprint density at radius 2 is 1.63 bits per heavy atom. The third kappa shape index (κ3) is 3.13. The molecule has 4 nitrogen and oxygen atoms in total. The third-order valence-corrected chi connectivity index (χ3v) is 4.58. The number of nitrogens with zero attached hydrogens (tertiary/aromatic N) is 3. The molecule has 4 aromatic rings. The van der Waals surface area contributed by atoms with Gasteiger partial charge in [-0.3, -0.25) is 0 Å². The maximum absolute atomic E-state index is 7.33. The predicted octanol–water partition coefficient (Wildman–Crippen LogP) is 6.04. The van der Waals surface area contributed by atoms with E-state index in [0.717, 1.165) is 27.6 Å². The van der Waals surface area contributed by atoms with Gasteiger partial charge in [-0.25, -0.2) is 9.69 Å². The maximum atomic E-state index is 7.33. The molecule has 2 N–H and O–H groups in total. The second-order valence-electron chi connectivity index (χ2n) is 6.39. The lowest BCUT2D eigenvalue weighted by Gasteiger charge is -2.06. The van der Waals surface area contributed by atoms with E-state index >= 15 is 0 Å². The van der Waals surface area contributed by atoms with Gasteiger partial charge in [-0.1, -0.05) is 42.5 Å². The summed E-state index contributed by atoms with van der Waals surface area (Å²) in [7, 11) is 0. The average Bonchev–Trinajstić information content (AvgIpc) is 3.05. The van der Waals surface area contributed by atoms with E-state index in [1.54, 1.807) is 0 Å². The Morgan fingerprint density at radius 1 is 0.852 bits per heavy atom. The van der Waals surface area contributed by atoms with Crippen molar-refractivity contribution >= 4 is 28.0 Å². The van der Waals surface area contributed by atoms with Crippen molar-refractivity contribution in [3.05, 3.63) is 101 Å². The minimum Gasteiger partial charge on any atom is -0.399 e. The van der Waals surface area contributed by atoms with Crippen molar-refractivity contribution in [1.29, 1.82) is 0 Å². The smallest absolute Gasteiger partial charge is 0.188 e. The normalized spacial score (nSPS) is 10.4. The second kappa shape index (κ2) is 6.71. The van der Waals surface area contributed by atoms with E-state index < -0.39 is 0 Å². The van der Waals surface area contributed by atoms with Crippen LogP contribution in [0, 0.1) is 13.1 Å². The SMILES string of the molecule is [C-]#[N+]c1cccc(Cn2cc(-c3cccc(N)c3)c3cc([N+]#[C-])ccc32)c1. The molecule has 0 aliphatic heterocycles. The summed E-state index contributed by atoms with van der Waals surface area (Å²) in [6, 6.07) is 21.2. The number of aromatic nitrogens is 1. The molecule has 0 atom stereocenters. The van der Waals surface area contributed by atoms with Crippen molar-refractivity contribution in [1.82, 2.24) is 4.57 Å². The van der Waals surface area contributed by atoms with Gasteiger partial charge in [0.15, 0.2) is 11.4 Å². The van der Waals surface area contributed by atoms with Crippen LogP contribution in [0.2, 0.25) is 0 Å². The molecule has 128 valence electrons. The van der Waals surface area contributed by atoms with Crippen LogP contribution < -0.4 is 5.73 Å². The number of benzene rings is 3. The molecule has 0 unspecified atom stereocenters. The molecule has 27 heavy (non-hydrogen) atoms. The first-order chi connectivity index (χ1) is 13.2. The van der Waals surface area contributed by atoms with Crippen LogP contribution in [0.15, 0.2) is 72.9 Å². The van der Waals surface area contributed by atoms with Gasteiger partial charge in [-0.2, -0.15) is 0 Å². The van der Waals surface area contributed by atoms with Gasteiger partial charge in [-0.15, -0.1) is 0 Å². The summed E-state index contributed by atoms with van der Waals surface area (Å²) in [6.45, 7) is 15.2. The number of nitrogen functional groups attached to an aromatic ring is 1. The zero-order valence-corrected chi connectivity index (χ0v) is 14.6. The summed E-state index contributed by atoms with van der Waals surface area (Å²) in [5.41, 5.74) is 12.1. The lowest BCUT2D eigenvalue weighted by Crippen LogP contribution is -1.97. The first-order valence-electron chi connectivity index (χ1n) is 8.50. The fourth-order valence-electron chi connectivity index (χ4n) is 3.34. The van der Waals surface area contributed by atoms with Gasteiger partial charge in [0.2, 0.25) is 0 Å². The van der Waals surface area contributed by atoms with Crippen molar-refractivity contribution in [2.45, 2.75) is 6.54 Å². The van der Waals surface area contributed by atoms with E-state index in [1.165, 1.54) is 0 Å². The Bertz CT molecular complexity index is 1240. The van der Waals surface area contributed by atoms with Crippen molar-refractivity contribution in [2.75, 3.05) is 5.73 Å².